The zero-order chi connectivity index (χ0) is 42.9. The van der Waals surface area contributed by atoms with Crippen LogP contribution in [-0.2, 0) is 47.8 Å². The van der Waals surface area contributed by atoms with Gasteiger partial charge in [0.2, 0.25) is 25.4 Å². The summed E-state index contributed by atoms with van der Waals surface area (Å²) < 4.78 is 75.1. The quantitative estimate of drug-likeness (QED) is 0.0980. The summed E-state index contributed by atoms with van der Waals surface area (Å²) in [4.78, 5) is 73.5. The molecule has 3 aromatic rings. The first-order valence-corrected chi connectivity index (χ1v) is 22.2. The minimum Gasteiger partial charge on any atom is -0.432 e. The molecule has 4 fully saturated rings. The zero-order valence-corrected chi connectivity index (χ0v) is 35.2. The Morgan fingerprint density at radius 2 is 1.60 bits per heavy atom. The summed E-state index contributed by atoms with van der Waals surface area (Å²) in [5.41, 5.74) is -4.20. The molecule has 2 aromatic heterocycles. The molecule has 20 heteroatoms. The average Bonchev–Trinajstić information content (AvgIpc) is 3.52. The highest BCUT2D eigenvalue weighted by molar-refractivity contribution is 7.54. The number of benzene rings is 1. The van der Waals surface area contributed by atoms with Crippen LogP contribution in [0, 0.1) is 11.8 Å². The Morgan fingerprint density at radius 1 is 0.933 bits per heavy atom. The Bertz CT molecular complexity index is 2120. The number of carbonyl (C=O) groups is 5. The van der Waals surface area contributed by atoms with Crippen molar-refractivity contribution in [3.05, 3.63) is 64.8 Å². The molecule has 3 amide bonds. The van der Waals surface area contributed by atoms with E-state index in [2.05, 4.69) is 19.8 Å². The molecule has 324 valence electrons. The number of hydrogen-bond acceptors (Lipinski definition) is 14. The maximum Gasteiger partial charge on any atom is 0.510 e. The number of ether oxygens (including phenoxy) is 4. The molecule has 3 saturated heterocycles. The second-order valence-corrected chi connectivity index (χ2v) is 19.1. The van der Waals surface area contributed by atoms with Crippen LogP contribution in [0.25, 0.3) is 10.1 Å². The highest BCUT2D eigenvalue weighted by atomic mass is 32.1. The van der Waals surface area contributed by atoms with Gasteiger partial charge in [-0.3, -0.25) is 33.0 Å². The van der Waals surface area contributed by atoms with Crippen LogP contribution >= 0.6 is 18.9 Å². The molecule has 4 aliphatic rings. The third-order valence-corrected chi connectivity index (χ3v) is 14.0. The molecule has 1 saturated carbocycles. The van der Waals surface area contributed by atoms with Crippen molar-refractivity contribution in [1.82, 2.24) is 20.1 Å². The molecule has 5 heterocycles. The van der Waals surface area contributed by atoms with Crippen LogP contribution in [0.3, 0.4) is 0 Å². The minimum atomic E-state index is -5.65. The number of nitrogens with zero attached hydrogens (tertiary/aromatic N) is 3. The highest BCUT2D eigenvalue weighted by Gasteiger charge is 2.56. The fraction of sp³-hybridized carbons (Fsp3) is 0.550. The predicted molar refractivity (Wildman–Crippen MR) is 210 cm³/mol. The van der Waals surface area contributed by atoms with Crippen molar-refractivity contribution in [3.8, 4) is 0 Å². The summed E-state index contributed by atoms with van der Waals surface area (Å²) in [5, 5.41) is 3.08. The summed E-state index contributed by atoms with van der Waals surface area (Å²) in [6.07, 6.45) is 3.13. The normalized spacial score (nSPS) is 23.0. The third-order valence-electron chi connectivity index (χ3n) is 11.1. The molecule has 1 aromatic carbocycles. The van der Waals surface area contributed by atoms with Gasteiger partial charge in [-0.1, -0.05) is 12.1 Å². The predicted octanol–water partition coefficient (Wildman–Crippen LogP) is 7.12. The van der Waals surface area contributed by atoms with Crippen LogP contribution < -0.4 is 5.32 Å². The molecule has 0 radical (unpaired) electrons. The van der Waals surface area contributed by atoms with Gasteiger partial charge in [0.05, 0.1) is 17.1 Å². The number of carbonyl (C=O) groups excluding carboxylic acids is 5. The molecule has 1 aliphatic carbocycles. The van der Waals surface area contributed by atoms with Gasteiger partial charge in [-0.25, -0.2) is 9.59 Å². The van der Waals surface area contributed by atoms with E-state index in [4.69, 9.17) is 18.5 Å². The van der Waals surface area contributed by atoms with Crippen molar-refractivity contribution in [2.24, 2.45) is 11.8 Å². The number of likely N-dealkylation sites (tertiary alicyclic amines) is 1. The summed E-state index contributed by atoms with van der Waals surface area (Å²) in [7, 11) is -5.65. The number of halogens is 2. The van der Waals surface area contributed by atoms with Crippen molar-refractivity contribution in [2.75, 3.05) is 26.7 Å². The van der Waals surface area contributed by atoms with Crippen LogP contribution in [0.15, 0.2) is 48.8 Å². The summed E-state index contributed by atoms with van der Waals surface area (Å²) in [6.45, 7) is 4.63. The lowest BCUT2D eigenvalue weighted by Gasteiger charge is -2.43. The second kappa shape index (κ2) is 17.7. The van der Waals surface area contributed by atoms with Gasteiger partial charge in [0.1, 0.15) is 12.1 Å². The van der Waals surface area contributed by atoms with E-state index in [1.807, 2.05) is 12.1 Å². The molecule has 5 atom stereocenters. The first kappa shape index (κ1) is 43.4. The summed E-state index contributed by atoms with van der Waals surface area (Å²) in [6, 6.07) is 6.87. The maximum atomic E-state index is 16.2. The minimum absolute atomic E-state index is 0.0937. The van der Waals surface area contributed by atoms with Gasteiger partial charge in [0.15, 0.2) is 0 Å². The van der Waals surface area contributed by atoms with Crippen molar-refractivity contribution in [2.45, 2.75) is 102 Å². The van der Waals surface area contributed by atoms with Crippen molar-refractivity contribution in [3.63, 3.8) is 0 Å². The first-order chi connectivity index (χ1) is 28.5. The smallest absolute Gasteiger partial charge is 0.432 e. The molecular formula is C40H47F2N4O12PS. The van der Waals surface area contributed by atoms with Gasteiger partial charge in [-0.05, 0) is 107 Å². The van der Waals surface area contributed by atoms with Crippen molar-refractivity contribution < 1.29 is 65.3 Å². The Hall–Kier alpha value is -4.71. The van der Waals surface area contributed by atoms with E-state index in [9.17, 15) is 28.5 Å². The molecule has 1 N–H and O–H groups in total. The van der Waals surface area contributed by atoms with Crippen LogP contribution in [0.4, 0.5) is 18.4 Å². The highest BCUT2D eigenvalue weighted by Crippen LogP contribution is 2.67. The number of rotatable bonds is 14. The lowest BCUT2D eigenvalue weighted by Crippen LogP contribution is -2.59. The number of aromatic nitrogens is 1. The van der Waals surface area contributed by atoms with Crippen LogP contribution in [0.5, 0.6) is 0 Å². The van der Waals surface area contributed by atoms with Crippen LogP contribution in [-0.4, -0.2) is 102 Å². The monoisotopic (exact) mass is 876 g/mol. The lowest BCUT2D eigenvalue weighted by atomic mass is 9.92. The third kappa shape index (κ3) is 9.43. The molecular weight excluding hydrogens is 829 g/mol. The number of nitrogens with one attached hydrogen (secondary N) is 1. The Balaban J connectivity index is 1.05. The molecule has 0 bridgehead atoms. The standard InChI is InChI=1S/C40H47F2N4O12PS/c1-22(2)57-38(50)53-20-55-59(52,56-21-54-39(51)58-23(3)4)40(41,42)29-7-10-33-27(13-29)16-34(60-33)35(47)44-31-15-26-12-25(26)14-30-8-9-32(46(30)36(31)48)37(49)45-18-28(19-45)24-6-5-11-43-17-24/h5-7,10-11,13,16-17,22-23,25-26,28,30-32H,8-9,12,14-15,18-21H2,1-4H3,(H,44,47)/t25-,26+,30+,31-,32-/m0/s1. The summed E-state index contributed by atoms with van der Waals surface area (Å²) >= 11 is 1.00. The van der Waals surface area contributed by atoms with E-state index < -0.39 is 74.9 Å². The van der Waals surface area contributed by atoms with E-state index in [0.29, 0.717) is 43.0 Å². The second-order valence-electron chi connectivity index (χ2n) is 16.0. The van der Waals surface area contributed by atoms with Crippen LogP contribution in [0.1, 0.15) is 86.5 Å². The molecule has 16 nitrogen and oxygen atoms in total. The van der Waals surface area contributed by atoms with E-state index in [1.54, 1.807) is 22.2 Å². The van der Waals surface area contributed by atoms with E-state index >= 15 is 8.78 Å². The largest absolute Gasteiger partial charge is 0.510 e. The van der Waals surface area contributed by atoms with Gasteiger partial charge in [0.25, 0.3) is 5.91 Å². The van der Waals surface area contributed by atoms with Gasteiger partial charge in [0, 0.05) is 47.7 Å². The Labute approximate surface area is 348 Å². The van der Waals surface area contributed by atoms with Gasteiger partial charge in [-0.15, -0.1) is 11.3 Å². The lowest BCUT2D eigenvalue weighted by molar-refractivity contribution is -0.149. The van der Waals surface area contributed by atoms with E-state index in [-0.39, 0.29) is 40.0 Å². The number of hydrogen-bond donors (Lipinski definition) is 1. The Morgan fingerprint density at radius 3 is 2.23 bits per heavy atom. The van der Waals surface area contributed by atoms with Crippen LogP contribution in [0.2, 0.25) is 0 Å². The average molecular weight is 877 g/mol. The number of fused-ring (bicyclic) bond motifs is 3. The van der Waals surface area contributed by atoms with Crippen molar-refractivity contribution >= 4 is 59.1 Å². The number of thiophene rings is 1. The van der Waals surface area contributed by atoms with Gasteiger partial charge >= 0.3 is 25.6 Å². The Kier molecular flexibility index (Phi) is 12.8. The first-order valence-electron chi connectivity index (χ1n) is 19.8. The number of alkyl halides is 2. The fourth-order valence-corrected chi connectivity index (χ4v) is 10.2. The topological polar surface area (TPSA) is 189 Å². The molecule has 0 spiro atoms. The maximum absolute atomic E-state index is 16.2. The van der Waals surface area contributed by atoms with Gasteiger partial charge in [-0.2, -0.15) is 8.78 Å². The molecule has 7 rings (SSSR count). The molecule has 60 heavy (non-hydrogen) atoms. The SMILES string of the molecule is CC(C)OC(=O)OCOP(=O)(OCOC(=O)OC(C)C)C(F)(F)c1ccc2sc(C(=O)N[C@H]3C[C@H]4C[C@H]4C[C@H]4CC[C@@H](C(=O)N5CC(c6cccnc6)C5)N4C3=O)cc2c1. The number of pyridine rings is 1. The van der Waals surface area contributed by atoms with Crippen molar-refractivity contribution in [1.29, 1.82) is 0 Å². The molecule has 3 aliphatic heterocycles. The fourth-order valence-electron chi connectivity index (χ4n) is 8.00. The zero-order valence-electron chi connectivity index (χ0n) is 33.5. The van der Waals surface area contributed by atoms with E-state index in [1.165, 1.54) is 39.8 Å². The molecule has 0 unspecified atom stereocenters. The van der Waals surface area contributed by atoms with Gasteiger partial charge < -0.3 is 34.1 Å². The van der Waals surface area contributed by atoms with E-state index in [0.717, 1.165) is 41.9 Å². The summed E-state index contributed by atoms with van der Waals surface area (Å²) in [5.74, 6) is -0.151. The number of amides is 3.